The first-order valence-electron chi connectivity index (χ1n) is 11.2. The second kappa shape index (κ2) is 9.84. The zero-order valence-electron chi connectivity index (χ0n) is 20.1. The topological polar surface area (TPSA) is 84.9 Å². The zero-order chi connectivity index (χ0) is 25.2. The average Bonchev–Trinajstić information content (AvgIpc) is 2.87. The Bertz CT molecular complexity index is 1330. The third-order valence-corrected chi connectivity index (χ3v) is 8.14. The number of amides is 1. The SMILES string of the molecule is CCN1c2cc(OC)c(OC)cc2C(C)=C(C(=O)NC(c2ccccc2)c2ccccc2)S1(=O)=O. The van der Waals surface area contributed by atoms with Gasteiger partial charge in [0, 0.05) is 18.2 Å². The quantitative estimate of drug-likeness (QED) is 0.525. The second-order valence-electron chi connectivity index (χ2n) is 8.08. The van der Waals surface area contributed by atoms with E-state index in [-0.39, 0.29) is 11.4 Å². The van der Waals surface area contributed by atoms with E-state index in [1.807, 2.05) is 60.7 Å². The molecule has 1 N–H and O–H groups in total. The summed E-state index contributed by atoms with van der Waals surface area (Å²) in [5, 5.41) is 2.97. The van der Waals surface area contributed by atoms with Crippen LogP contribution in [0.1, 0.15) is 36.6 Å². The van der Waals surface area contributed by atoms with Crippen LogP contribution in [0.2, 0.25) is 0 Å². The summed E-state index contributed by atoms with van der Waals surface area (Å²) >= 11 is 0. The monoisotopic (exact) mass is 492 g/mol. The smallest absolute Gasteiger partial charge is 0.270 e. The molecule has 0 bridgehead atoms. The van der Waals surface area contributed by atoms with Crippen LogP contribution >= 0.6 is 0 Å². The summed E-state index contributed by atoms with van der Waals surface area (Å²) < 4.78 is 39.4. The Morgan fingerprint density at radius 3 is 1.91 bits per heavy atom. The van der Waals surface area contributed by atoms with Crippen molar-refractivity contribution >= 4 is 27.2 Å². The highest BCUT2D eigenvalue weighted by atomic mass is 32.2. The molecular weight excluding hydrogens is 464 g/mol. The molecule has 7 nitrogen and oxygen atoms in total. The summed E-state index contributed by atoms with van der Waals surface area (Å²) in [4.78, 5) is 13.4. The molecule has 0 saturated carbocycles. The zero-order valence-corrected chi connectivity index (χ0v) is 20.9. The number of allylic oxidation sites excluding steroid dienone is 1. The third-order valence-electron chi connectivity index (χ3n) is 6.10. The van der Waals surface area contributed by atoms with E-state index in [0.29, 0.717) is 28.3 Å². The van der Waals surface area contributed by atoms with E-state index < -0.39 is 22.0 Å². The predicted octanol–water partition coefficient (Wildman–Crippen LogP) is 4.51. The van der Waals surface area contributed by atoms with Crippen molar-refractivity contribution in [2.45, 2.75) is 19.9 Å². The number of ether oxygens (including phenoxy) is 2. The van der Waals surface area contributed by atoms with Crippen molar-refractivity contribution in [2.75, 3.05) is 25.1 Å². The average molecular weight is 493 g/mol. The molecule has 4 rings (SSSR count). The Labute approximate surface area is 206 Å². The fourth-order valence-electron chi connectivity index (χ4n) is 4.40. The number of methoxy groups -OCH3 is 2. The minimum atomic E-state index is -4.13. The molecular formula is C27H28N2O5S. The summed E-state index contributed by atoms with van der Waals surface area (Å²) in [6.07, 6.45) is 0. The van der Waals surface area contributed by atoms with Crippen LogP contribution in [0.4, 0.5) is 5.69 Å². The van der Waals surface area contributed by atoms with Gasteiger partial charge in [-0.1, -0.05) is 60.7 Å². The molecule has 0 aromatic heterocycles. The van der Waals surface area contributed by atoms with Crippen LogP contribution in [0, 0.1) is 0 Å². The van der Waals surface area contributed by atoms with Gasteiger partial charge in [0.15, 0.2) is 16.4 Å². The van der Waals surface area contributed by atoms with Crippen molar-refractivity contribution in [3.05, 3.63) is 94.4 Å². The molecule has 0 aliphatic carbocycles. The molecule has 35 heavy (non-hydrogen) atoms. The molecule has 0 unspecified atom stereocenters. The van der Waals surface area contributed by atoms with Gasteiger partial charge in [0.1, 0.15) is 0 Å². The maximum absolute atomic E-state index is 13.7. The summed E-state index contributed by atoms with van der Waals surface area (Å²) in [5.74, 6) is 0.195. The van der Waals surface area contributed by atoms with Gasteiger partial charge in [-0.15, -0.1) is 0 Å². The van der Waals surface area contributed by atoms with Gasteiger partial charge in [-0.3, -0.25) is 9.10 Å². The van der Waals surface area contributed by atoms with Crippen molar-refractivity contribution < 1.29 is 22.7 Å². The van der Waals surface area contributed by atoms with E-state index in [4.69, 9.17) is 9.47 Å². The van der Waals surface area contributed by atoms with E-state index in [1.54, 1.807) is 26.0 Å². The minimum absolute atomic E-state index is 0.148. The molecule has 1 aliphatic heterocycles. The lowest BCUT2D eigenvalue weighted by Gasteiger charge is -2.33. The Morgan fingerprint density at radius 1 is 0.914 bits per heavy atom. The maximum Gasteiger partial charge on any atom is 0.270 e. The lowest BCUT2D eigenvalue weighted by Crippen LogP contribution is -2.42. The molecule has 8 heteroatoms. The van der Waals surface area contributed by atoms with E-state index in [2.05, 4.69) is 5.32 Å². The van der Waals surface area contributed by atoms with Crippen molar-refractivity contribution in [2.24, 2.45) is 0 Å². The van der Waals surface area contributed by atoms with Gasteiger partial charge in [-0.25, -0.2) is 8.42 Å². The van der Waals surface area contributed by atoms with Crippen molar-refractivity contribution in [3.63, 3.8) is 0 Å². The Morgan fingerprint density at radius 2 is 1.43 bits per heavy atom. The predicted molar refractivity (Wildman–Crippen MR) is 137 cm³/mol. The number of carbonyl (C=O) groups excluding carboxylic acids is 1. The molecule has 0 radical (unpaired) electrons. The van der Waals surface area contributed by atoms with Crippen LogP contribution in [0.25, 0.3) is 5.57 Å². The molecule has 0 saturated heterocycles. The molecule has 0 spiro atoms. The number of hydrogen-bond donors (Lipinski definition) is 1. The summed E-state index contributed by atoms with van der Waals surface area (Å²) in [7, 11) is -1.12. The summed E-state index contributed by atoms with van der Waals surface area (Å²) in [6, 6.07) is 21.7. The van der Waals surface area contributed by atoms with Crippen LogP contribution in [0.15, 0.2) is 77.7 Å². The normalized spacial score (nSPS) is 14.5. The van der Waals surface area contributed by atoms with Gasteiger partial charge in [-0.2, -0.15) is 0 Å². The number of nitrogens with zero attached hydrogens (tertiary/aromatic N) is 1. The molecule has 0 atom stereocenters. The molecule has 3 aromatic carbocycles. The Balaban J connectivity index is 1.85. The number of carbonyl (C=O) groups is 1. The highest BCUT2D eigenvalue weighted by Gasteiger charge is 2.40. The fraction of sp³-hybridized carbons (Fsp3) is 0.222. The summed E-state index contributed by atoms with van der Waals surface area (Å²) in [5.41, 5.74) is 3.08. The number of fused-ring (bicyclic) bond motifs is 1. The van der Waals surface area contributed by atoms with Crippen molar-refractivity contribution in [3.8, 4) is 11.5 Å². The fourth-order valence-corrected chi connectivity index (χ4v) is 6.17. The molecule has 3 aromatic rings. The molecule has 1 amide bonds. The summed E-state index contributed by atoms with van der Waals surface area (Å²) in [6.45, 7) is 3.52. The van der Waals surface area contributed by atoms with E-state index in [9.17, 15) is 13.2 Å². The number of anilines is 1. The lowest BCUT2D eigenvalue weighted by atomic mass is 9.98. The minimum Gasteiger partial charge on any atom is -0.493 e. The van der Waals surface area contributed by atoms with Crippen LogP contribution in [-0.2, 0) is 14.8 Å². The molecule has 0 fully saturated rings. The van der Waals surface area contributed by atoms with E-state index in [0.717, 1.165) is 11.1 Å². The van der Waals surface area contributed by atoms with Crippen molar-refractivity contribution in [1.82, 2.24) is 5.32 Å². The number of hydrogen-bond acceptors (Lipinski definition) is 5. The second-order valence-corrected chi connectivity index (χ2v) is 9.88. The van der Waals surface area contributed by atoms with Gasteiger partial charge >= 0.3 is 0 Å². The van der Waals surface area contributed by atoms with E-state index in [1.165, 1.54) is 18.5 Å². The first-order valence-corrected chi connectivity index (χ1v) is 12.7. The number of rotatable bonds is 7. The Kier molecular flexibility index (Phi) is 6.84. The highest BCUT2D eigenvalue weighted by Crippen LogP contribution is 2.45. The van der Waals surface area contributed by atoms with Crippen LogP contribution < -0.4 is 19.1 Å². The maximum atomic E-state index is 13.7. The van der Waals surface area contributed by atoms with Gasteiger partial charge in [0.2, 0.25) is 0 Å². The standard InChI is InChI=1S/C27H28N2O5S/c1-5-29-22-17-24(34-4)23(33-3)16-21(22)18(2)26(35(29,31)32)27(30)28-25(19-12-8-6-9-13-19)20-14-10-7-11-15-20/h6-17,25H,5H2,1-4H3,(H,28,30). The highest BCUT2D eigenvalue weighted by molar-refractivity contribution is 7.97. The number of sulfonamides is 1. The largest absolute Gasteiger partial charge is 0.493 e. The Hall–Kier alpha value is -3.78. The molecule has 182 valence electrons. The van der Waals surface area contributed by atoms with Gasteiger partial charge < -0.3 is 14.8 Å². The van der Waals surface area contributed by atoms with Gasteiger partial charge in [-0.05, 0) is 36.6 Å². The molecule has 1 aliphatic rings. The number of benzene rings is 3. The van der Waals surface area contributed by atoms with Gasteiger partial charge in [0.05, 0.1) is 25.9 Å². The van der Waals surface area contributed by atoms with Crippen LogP contribution in [-0.4, -0.2) is 35.1 Å². The van der Waals surface area contributed by atoms with Crippen LogP contribution in [0.3, 0.4) is 0 Å². The first-order chi connectivity index (χ1) is 16.8. The molecule has 1 heterocycles. The number of nitrogens with one attached hydrogen (secondary N) is 1. The van der Waals surface area contributed by atoms with Gasteiger partial charge in [0.25, 0.3) is 15.9 Å². The first kappa shape index (κ1) is 24.3. The lowest BCUT2D eigenvalue weighted by molar-refractivity contribution is -0.117. The van der Waals surface area contributed by atoms with Crippen LogP contribution in [0.5, 0.6) is 11.5 Å². The van der Waals surface area contributed by atoms with Crippen molar-refractivity contribution in [1.29, 1.82) is 0 Å². The third kappa shape index (κ3) is 4.37. The van der Waals surface area contributed by atoms with E-state index >= 15 is 0 Å².